The molecule has 3 aromatic heterocycles. The smallest absolute Gasteiger partial charge is 0.289 e. The molecule has 0 saturated carbocycles. The quantitative estimate of drug-likeness (QED) is 0.144. The van der Waals surface area contributed by atoms with Crippen molar-refractivity contribution >= 4 is 0 Å². The standard InChI is InChI=1S/3C12H13FN3.Ir/c3*1-3-4-11-14-12(16(2)15-11)9-5-7-10(13)8-6-9;/h3*5,7-8H,3-4H2,1-2H3;/q3*-1;+3. The van der Waals surface area contributed by atoms with E-state index >= 15 is 0 Å². The van der Waals surface area contributed by atoms with Crippen molar-refractivity contribution in [1.82, 2.24) is 44.3 Å². The van der Waals surface area contributed by atoms with Crippen molar-refractivity contribution in [3.63, 3.8) is 0 Å². The Hall–Kier alpha value is -4.48. The topological polar surface area (TPSA) is 92.1 Å². The second kappa shape index (κ2) is 18.9. The van der Waals surface area contributed by atoms with Gasteiger partial charge in [-0.1, -0.05) is 20.8 Å². The third-order valence-corrected chi connectivity index (χ3v) is 6.89. The van der Waals surface area contributed by atoms with Gasteiger partial charge < -0.3 is 0 Å². The fourth-order valence-electron chi connectivity index (χ4n) is 4.64. The Balaban J connectivity index is 0.000000197. The van der Waals surface area contributed by atoms with Crippen molar-refractivity contribution in [2.45, 2.75) is 59.3 Å². The summed E-state index contributed by atoms with van der Waals surface area (Å²) >= 11 is 0. The average molecular weight is 847 g/mol. The van der Waals surface area contributed by atoms with Gasteiger partial charge in [-0.15, -0.1) is 89.5 Å². The summed E-state index contributed by atoms with van der Waals surface area (Å²) in [5.41, 5.74) is 2.29. The molecule has 0 unspecified atom stereocenters. The zero-order valence-corrected chi connectivity index (χ0v) is 30.8. The van der Waals surface area contributed by atoms with Gasteiger partial charge in [0.15, 0.2) is 0 Å². The van der Waals surface area contributed by atoms with E-state index in [0.29, 0.717) is 0 Å². The Morgan fingerprint density at radius 3 is 0.959 bits per heavy atom. The molecule has 0 atom stereocenters. The number of benzene rings is 3. The molecule has 0 bridgehead atoms. The Labute approximate surface area is 299 Å². The fraction of sp³-hybridized carbons (Fsp3) is 0.333. The molecule has 3 heterocycles. The van der Waals surface area contributed by atoms with Gasteiger partial charge >= 0.3 is 20.1 Å². The first-order valence-corrected chi connectivity index (χ1v) is 15.8. The summed E-state index contributed by atoms with van der Waals surface area (Å²) in [6, 6.07) is 21.7. The number of hydrogen-bond donors (Lipinski definition) is 0. The van der Waals surface area contributed by atoms with E-state index in [1.807, 2.05) is 21.1 Å². The van der Waals surface area contributed by atoms with Gasteiger partial charge in [0.2, 0.25) is 0 Å². The van der Waals surface area contributed by atoms with Crippen LogP contribution in [0.2, 0.25) is 0 Å². The van der Waals surface area contributed by atoms with Crippen LogP contribution in [0.5, 0.6) is 0 Å². The van der Waals surface area contributed by atoms with E-state index in [9.17, 15) is 13.2 Å². The molecule has 0 fully saturated rings. The van der Waals surface area contributed by atoms with Crippen molar-refractivity contribution in [3.05, 3.63) is 108 Å². The fourth-order valence-corrected chi connectivity index (χ4v) is 4.64. The van der Waals surface area contributed by atoms with E-state index in [-0.39, 0.29) is 37.6 Å². The molecule has 6 aromatic rings. The molecule has 0 spiro atoms. The van der Waals surface area contributed by atoms with E-state index in [1.165, 1.54) is 36.4 Å². The molecule has 0 aliphatic carbocycles. The summed E-state index contributed by atoms with van der Waals surface area (Å²) < 4.78 is 43.4. The molecule has 13 heteroatoms. The summed E-state index contributed by atoms with van der Waals surface area (Å²) in [6.45, 7) is 6.25. The summed E-state index contributed by atoms with van der Waals surface area (Å²) in [4.78, 5) is 13.2. The number of aromatic nitrogens is 9. The summed E-state index contributed by atoms with van der Waals surface area (Å²) in [7, 11) is 5.50. The van der Waals surface area contributed by atoms with Gasteiger partial charge in [-0.3, -0.25) is 42.2 Å². The first-order chi connectivity index (χ1) is 23.1. The maximum atomic E-state index is 12.8. The van der Waals surface area contributed by atoms with Crippen LogP contribution in [0.15, 0.2) is 54.6 Å². The van der Waals surface area contributed by atoms with Gasteiger partial charge in [-0.25, -0.2) is 0 Å². The molecule has 6 rings (SSSR count). The van der Waals surface area contributed by atoms with Gasteiger partial charge in [0, 0.05) is 57.9 Å². The number of hydrogen-bond acceptors (Lipinski definition) is 6. The van der Waals surface area contributed by atoms with E-state index in [0.717, 1.165) is 90.2 Å². The van der Waals surface area contributed by atoms with E-state index in [1.54, 1.807) is 32.2 Å². The predicted molar refractivity (Wildman–Crippen MR) is 178 cm³/mol. The third kappa shape index (κ3) is 11.0. The van der Waals surface area contributed by atoms with E-state index in [2.05, 4.69) is 69.2 Å². The van der Waals surface area contributed by atoms with Crippen molar-refractivity contribution in [1.29, 1.82) is 0 Å². The summed E-state index contributed by atoms with van der Waals surface area (Å²) in [5, 5.41) is 12.9. The van der Waals surface area contributed by atoms with Gasteiger partial charge in [0.05, 0.1) is 17.5 Å². The molecular weight excluding hydrogens is 808 g/mol. The van der Waals surface area contributed by atoms with Crippen LogP contribution < -0.4 is 0 Å². The minimum absolute atomic E-state index is 0. The molecule has 0 aliphatic heterocycles. The van der Waals surface area contributed by atoms with Crippen LogP contribution in [-0.4, -0.2) is 44.3 Å². The maximum Gasteiger partial charge on any atom is 3.00 e. The van der Waals surface area contributed by atoms with Crippen LogP contribution in [0.1, 0.15) is 57.5 Å². The van der Waals surface area contributed by atoms with Crippen molar-refractivity contribution in [2.75, 3.05) is 0 Å². The molecule has 0 saturated heterocycles. The van der Waals surface area contributed by atoms with Crippen LogP contribution in [0.3, 0.4) is 0 Å². The van der Waals surface area contributed by atoms with Crippen molar-refractivity contribution in [3.8, 4) is 34.2 Å². The number of halogens is 3. The molecule has 0 radical (unpaired) electrons. The Bertz CT molecular complexity index is 1650. The Morgan fingerprint density at radius 2 is 0.755 bits per heavy atom. The first-order valence-electron chi connectivity index (χ1n) is 15.8. The third-order valence-electron chi connectivity index (χ3n) is 6.89. The largest absolute Gasteiger partial charge is 3.00 e. The second-order valence-corrected chi connectivity index (χ2v) is 10.9. The molecule has 258 valence electrons. The normalized spacial score (nSPS) is 10.5. The molecule has 0 aliphatic rings. The molecule has 3 aromatic carbocycles. The van der Waals surface area contributed by atoms with Crippen LogP contribution in [0, 0.1) is 35.7 Å². The zero-order chi connectivity index (χ0) is 34.6. The van der Waals surface area contributed by atoms with Crippen LogP contribution in [-0.2, 0) is 60.5 Å². The summed E-state index contributed by atoms with van der Waals surface area (Å²) in [5.74, 6) is 3.75. The van der Waals surface area contributed by atoms with Crippen LogP contribution in [0.25, 0.3) is 34.2 Å². The molecular formula is C36H39F3IrN9. The number of nitrogens with zero attached hydrogens (tertiary/aromatic N) is 9. The van der Waals surface area contributed by atoms with Gasteiger partial charge in [-0.2, -0.15) is 15.3 Å². The molecule has 49 heavy (non-hydrogen) atoms. The summed E-state index contributed by atoms with van der Waals surface area (Å²) in [6.07, 6.45) is 5.60. The Kier molecular flexibility index (Phi) is 15.0. The average Bonchev–Trinajstić information content (AvgIpc) is 3.75. The molecule has 0 amide bonds. The van der Waals surface area contributed by atoms with Crippen LogP contribution in [0.4, 0.5) is 13.2 Å². The Morgan fingerprint density at radius 1 is 0.490 bits per heavy atom. The van der Waals surface area contributed by atoms with Gasteiger partial charge in [0.25, 0.3) is 0 Å². The monoisotopic (exact) mass is 847 g/mol. The number of aryl methyl sites for hydroxylation is 6. The van der Waals surface area contributed by atoms with E-state index in [4.69, 9.17) is 0 Å². The first kappa shape index (κ1) is 39.0. The zero-order valence-electron chi connectivity index (χ0n) is 28.4. The minimum atomic E-state index is -0.292. The minimum Gasteiger partial charge on any atom is -0.289 e. The maximum absolute atomic E-state index is 12.8. The molecule has 9 nitrogen and oxygen atoms in total. The predicted octanol–water partition coefficient (Wildman–Crippen LogP) is 7.12. The number of rotatable bonds is 9. The van der Waals surface area contributed by atoms with Crippen molar-refractivity contribution in [2.24, 2.45) is 21.1 Å². The SMILES string of the molecule is CCCc1nc(-c2[c-]cc(F)cc2)n(C)n1.CCCc1nc(-c2[c-]cc(F)cc2)n(C)n1.CCCc1nc(-c2[c-]cc(F)cc2)n(C)n1.[Ir+3]. The second-order valence-electron chi connectivity index (χ2n) is 10.9. The van der Waals surface area contributed by atoms with Crippen molar-refractivity contribution < 1.29 is 33.3 Å². The van der Waals surface area contributed by atoms with E-state index < -0.39 is 0 Å². The molecule has 0 N–H and O–H groups in total. The van der Waals surface area contributed by atoms with Crippen LogP contribution >= 0.6 is 0 Å². The van der Waals surface area contributed by atoms with Gasteiger partial charge in [-0.05, 0) is 19.3 Å². The van der Waals surface area contributed by atoms with Gasteiger partial charge in [0.1, 0.15) is 17.5 Å².